The number of carbonyl (C=O) groups is 1. The Kier molecular flexibility index (Phi) is 15.1. The average Bonchev–Trinajstić information content (AvgIpc) is 3.94. The van der Waals surface area contributed by atoms with Crippen LogP contribution >= 0.6 is 0 Å². The largest absolute Gasteiger partial charge is 0.481 e. The normalized spacial score (nSPS) is 54.1. The Morgan fingerprint density at radius 3 is 2.09 bits per heavy atom. The van der Waals surface area contributed by atoms with Crippen molar-refractivity contribution in [1.29, 1.82) is 0 Å². The fourth-order valence-corrected chi connectivity index (χ4v) is 12.7. The van der Waals surface area contributed by atoms with Gasteiger partial charge in [0.25, 0.3) is 0 Å². The predicted octanol–water partition coefficient (Wildman–Crippen LogP) is 4.32. The number of aliphatic hydroxyl groups excluding tert-OH is 1. The first kappa shape index (κ1) is 50.7. The van der Waals surface area contributed by atoms with Gasteiger partial charge in [-0.1, -0.05) is 34.6 Å². The molecule has 7 saturated heterocycles. The highest BCUT2D eigenvalue weighted by atomic mass is 16.7. The van der Waals surface area contributed by atoms with Crippen LogP contribution in [0.25, 0.3) is 0 Å². The molecule has 0 aliphatic carbocycles. The van der Waals surface area contributed by atoms with Gasteiger partial charge in [-0.3, -0.25) is 4.79 Å². The third-order valence-electron chi connectivity index (χ3n) is 16.8. The van der Waals surface area contributed by atoms with Crippen LogP contribution in [0.4, 0.5) is 0 Å². The van der Waals surface area contributed by atoms with Gasteiger partial charge in [0.05, 0.1) is 78.7 Å². The number of rotatable bonds is 13. The molecule has 7 aliphatic rings. The maximum atomic E-state index is 11.9. The van der Waals surface area contributed by atoms with Gasteiger partial charge in [-0.05, 0) is 59.3 Å². The van der Waals surface area contributed by atoms with E-state index in [0.29, 0.717) is 38.5 Å². The van der Waals surface area contributed by atoms with Crippen LogP contribution in [-0.2, 0) is 61.6 Å². The number of hydrogen-bond acceptors (Lipinski definition) is 16. The highest BCUT2D eigenvalue weighted by molar-refractivity contribution is 5.68. The fraction of sp³-hybridized carbons (Fsp3) is 0.979. The summed E-state index contributed by atoms with van der Waals surface area (Å²) in [6.07, 6.45) is -3.18. The van der Waals surface area contributed by atoms with Crippen molar-refractivity contribution in [2.75, 3.05) is 28.4 Å². The first-order valence-electron chi connectivity index (χ1n) is 23.8. The molecule has 0 amide bonds. The molecule has 3 unspecified atom stereocenters. The van der Waals surface area contributed by atoms with Crippen LogP contribution in [0.2, 0.25) is 0 Å². The lowest BCUT2D eigenvalue weighted by atomic mass is 9.75. The molecular weight excluding hydrogens is 836 g/mol. The van der Waals surface area contributed by atoms with E-state index in [1.165, 1.54) is 14.2 Å². The SMILES string of the molecule is CO[C@@H]1[C@@H](OC)[C@H](C)[C@@](O)(CC(=O)O)O[C@H]1[C@H](C)[C@H]1O[C@@]2(CC[C@@](C)(C3CC[C@@](C)(C4O[C@@H](C5O[C@](C)(O)[C@H](C)C[C@@H]5C)C[C@@H]4O[C@@H]4C[C@H](OC)[C@@H](OC)[C@H](C)O4)O3)O2)C[C@H](O)[C@H]1C. The molecule has 1 spiro atoms. The zero-order valence-electron chi connectivity index (χ0n) is 40.4. The standard InChI is InChI=1S/C47H80O17/c1-23-18-24(2)45(9,51)61-36(23)31-19-32(58-35-20-30(53-10)40(55-12)28(6)57-35)42(59-31)44(8)15-14-33(60-44)43(7)16-17-46(64-43)21-29(48)25(3)37(62-46)26(4)38-41(56-13)39(54-11)27(5)47(52,63-38)22-34(49)50/h23-33,35-42,48,51-52H,14-22H2,1-13H3,(H,49,50)/t23-,24+,25+,26+,27-,28-,29-,30-,31+,32-,33?,35+,36?,37-,38-,39-,40-,41-,42?,43-,44-,45-,46+,47+/m0/s1. The van der Waals surface area contributed by atoms with Gasteiger partial charge in [0.1, 0.15) is 18.3 Å². The molecule has 0 aromatic carbocycles. The molecule has 7 rings (SSSR count). The van der Waals surface area contributed by atoms with E-state index in [1.807, 2.05) is 34.6 Å². The minimum absolute atomic E-state index is 0.0406. The molecule has 4 N–H and O–H groups in total. The average molecular weight is 917 g/mol. The van der Waals surface area contributed by atoms with E-state index < -0.39 is 102 Å². The van der Waals surface area contributed by atoms with Crippen molar-refractivity contribution in [1.82, 2.24) is 0 Å². The molecule has 0 saturated carbocycles. The van der Waals surface area contributed by atoms with Gasteiger partial charge >= 0.3 is 5.97 Å². The predicted molar refractivity (Wildman–Crippen MR) is 228 cm³/mol. The lowest BCUT2D eigenvalue weighted by Gasteiger charge is -2.53. The number of hydrogen-bond donors (Lipinski definition) is 4. The second kappa shape index (κ2) is 19.0. The number of carboxylic acids is 1. The minimum atomic E-state index is -2.03. The van der Waals surface area contributed by atoms with Gasteiger partial charge in [0.15, 0.2) is 23.7 Å². The fourth-order valence-electron chi connectivity index (χ4n) is 12.7. The van der Waals surface area contributed by atoms with Crippen molar-refractivity contribution in [3.8, 4) is 0 Å². The van der Waals surface area contributed by atoms with Crippen LogP contribution in [0.5, 0.6) is 0 Å². The molecule has 0 aromatic heterocycles. The second-order valence-corrected chi connectivity index (χ2v) is 21.3. The number of methoxy groups -OCH3 is 4. The number of aliphatic carboxylic acids is 1. The van der Waals surface area contributed by atoms with Crippen LogP contribution in [-0.4, -0.2) is 169 Å². The molecule has 17 heteroatoms. The molecule has 17 nitrogen and oxygen atoms in total. The molecule has 0 bridgehead atoms. The number of carboxylic acid groups (broad SMARTS) is 1. The first-order chi connectivity index (χ1) is 30.0. The topological polar surface area (TPSA) is 209 Å². The summed E-state index contributed by atoms with van der Waals surface area (Å²) < 4.78 is 77.6. The third kappa shape index (κ3) is 9.46. The zero-order valence-corrected chi connectivity index (χ0v) is 40.4. The molecule has 7 aliphatic heterocycles. The molecule has 7 heterocycles. The first-order valence-corrected chi connectivity index (χ1v) is 23.8. The van der Waals surface area contributed by atoms with Crippen LogP contribution in [0.3, 0.4) is 0 Å². The summed E-state index contributed by atoms with van der Waals surface area (Å²) in [7, 11) is 6.37. The molecule has 24 atom stereocenters. The summed E-state index contributed by atoms with van der Waals surface area (Å²) >= 11 is 0. The Morgan fingerprint density at radius 1 is 0.766 bits per heavy atom. The van der Waals surface area contributed by atoms with Crippen molar-refractivity contribution < 1.29 is 82.1 Å². The Balaban J connectivity index is 1.09. The van der Waals surface area contributed by atoms with Crippen molar-refractivity contribution >= 4 is 5.97 Å². The summed E-state index contributed by atoms with van der Waals surface area (Å²) in [5.74, 6) is -7.18. The van der Waals surface area contributed by atoms with E-state index in [0.717, 1.165) is 6.42 Å². The monoisotopic (exact) mass is 917 g/mol. The minimum Gasteiger partial charge on any atom is -0.481 e. The summed E-state index contributed by atoms with van der Waals surface area (Å²) in [5.41, 5.74) is -1.60. The van der Waals surface area contributed by atoms with Crippen molar-refractivity contribution in [3.05, 3.63) is 0 Å². The van der Waals surface area contributed by atoms with E-state index in [2.05, 4.69) is 13.8 Å². The lowest BCUT2D eigenvalue weighted by molar-refractivity contribution is -0.365. The van der Waals surface area contributed by atoms with Crippen LogP contribution in [0.15, 0.2) is 0 Å². The summed E-state index contributed by atoms with van der Waals surface area (Å²) in [4.78, 5) is 11.9. The van der Waals surface area contributed by atoms with Crippen LogP contribution in [0, 0.1) is 29.6 Å². The van der Waals surface area contributed by atoms with Crippen molar-refractivity contribution in [2.45, 2.75) is 234 Å². The summed E-state index contributed by atoms with van der Waals surface area (Å²) in [6, 6.07) is 0. The molecular formula is C47H80O17. The maximum Gasteiger partial charge on any atom is 0.308 e. The van der Waals surface area contributed by atoms with Gasteiger partial charge in [-0.2, -0.15) is 0 Å². The Hall–Kier alpha value is -1.13. The highest BCUT2D eigenvalue weighted by Gasteiger charge is 2.64. The number of ether oxygens (including phenoxy) is 12. The van der Waals surface area contributed by atoms with E-state index in [9.17, 15) is 25.2 Å². The van der Waals surface area contributed by atoms with Crippen molar-refractivity contribution in [3.63, 3.8) is 0 Å². The van der Waals surface area contributed by atoms with Gasteiger partial charge in [0, 0.05) is 77.8 Å². The molecule has 7 fully saturated rings. The van der Waals surface area contributed by atoms with Gasteiger partial charge in [0.2, 0.25) is 0 Å². The smallest absolute Gasteiger partial charge is 0.308 e. The molecule has 0 aromatic rings. The Bertz CT molecular complexity index is 1600. The third-order valence-corrected chi connectivity index (χ3v) is 16.8. The van der Waals surface area contributed by atoms with Crippen molar-refractivity contribution in [2.24, 2.45) is 29.6 Å². The Morgan fingerprint density at radius 2 is 1.45 bits per heavy atom. The summed E-state index contributed by atoms with van der Waals surface area (Å²) in [6.45, 7) is 17.5. The lowest BCUT2D eigenvalue weighted by Crippen LogP contribution is -2.65. The van der Waals surface area contributed by atoms with Gasteiger partial charge in [-0.15, -0.1) is 0 Å². The maximum absolute atomic E-state index is 11.9. The Labute approximate surface area is 379 Å². The summed E-state index contributed by atoms with van der Waals surface area (Å²) in [5, 5.41) is 44.3. The van der Waals surface area contributed by atoms with E-state index in [1.54, 1.807) is 28.1 Å². The molecule has 64 heavy (non-hydrogen) atoms. The quantitative estimate of drug-likeness (QED) is 0.203. The van der Waals surface area contributed by atoms with Gasteiger partial charge in [-0.25, -0.2) is 0 Å². The molecule has 0 radical (unpaired) electrons. The van der Waals surface area contributed by atoms with Crippen LogP contribution in [0.1, 0.15) is 120 Å². The molecule has 370 valence electrons. The van der Waals surface area contributed by atoms with Gasteiger partial charge < -0.3 is 77.3 Å². The highest BCUT2D eigenvalue weighted by Crippen LogP contribution is 2.55. The number of aliphatic hydroxyl groups is 3. The zero-order chi connectivity index (χ0) is 46.9. The second-order valence-electron chi connectivity index (χ2n) is 21.3. The van der Waals surface area contributed by atoms with E-state index >= 15 is 0 Å². The van der Waals surface area contributed by atoms with Crippen LogP contribution < -0.4 is 0 Å². The van der Waals surface area contributed by atoms with E-state index in [4.69, 9.17) is 56.8 Å². The van der Waals surface area contributed by atoms with E-state index in [-0.39, 0.29) is 60.8 Å².